The molecule has 0 aliphatic carbocycles. The van der Waals surface area contributed by atoms with Gasteiger partial charge in [0.1, 0.15) is 0 Å². The van der Waals surface area contributed by atoms with Gasteiger partial charge in [0.05, 0.1) is 39.1 Å². The summed E-state index contributed by atoms with van der Waals surface area (Å²) in [6, 6.07) is 79.1. The monoisotopic (exact) mass is 886 g/mol. The predicted molar refractivity (Wildman–Crippen MR) is 284 cm³/mol. The second-order valence-electron chi connectivity index (χ2n) is 17.3. The minimum atomic E-state index is -3.15. The highest BCUT2D eigenvalue weighted by molar-refractivity contribution is 7.85. The van der Waals surface area contributed by atoms with Crippen LogP contribution in [0.25, 0.3) is 110 Å². The van der Waals surface area contributed by atoms with Gasteiger partial charge >= 0.3 is 0 Å². The number of pyridine rings is 4. The van der Waals surface area contributed by atoms with Crippen molar-refractivity contribution in [1.82, 2.24) is 19.9 Å². The number of aromatic nitrogens is 4. The average molecular weight is 887 g/mol. The Morgan fingerprint density at radius 2 is 0.765 bits per heavy atom. The Kier molecular flexibility index (Phi) is 9.38. The van der Waals surface area contributed by atoms with Crippen molar-refractivity contribution in [3.63, 3.8) is 0 Å². The van der Waals surface area contributed by atoms with E-state index in [1.54, 1.807) is 0 Å². The molecule has 0 spiro atoms. The molecule has 0 amide bonds. The maximum Gasteiger partial charge on any atom is 0.171 e. The fourth-order valence-electron chi connectivity index (χ4n) is 10.0. The van der Waals surface area contributed by atoms with Crippen molar-refractivity contribution in [2.75, 3.05) is 0 Å². The zero-order chi connectivity index (χ0) is 45.2. The lowest BCUT2D eigenvalue weighted by molar-refractivity contribution is 0.592. The highest BCUT2D eigenvalue weighted by atomic mass is 31.2. The van der Waals surface area contributed by atoms with E-state index in [4.69, 9.17) is 19.9 Å². The largest absolute Gasteiger partial charge is 0.309 e. The van der Waals surface area contributed by atoms with Gasteiger partial charge in [-0.3, -0.25) is 4.98 Å². The summed E-state index contributed by atoms with van der Waals surface area (Å²) in [5.41, 5.74) is 11.4. The summed E-state index contributed by atoms with van der Waals surface area (Å²) in [7, 11) is -3.15. The zero-order valence-corrected chi connectivity index (χ0v) is 37.6. The van der Waals surface area contributed by atoms with Crippen LogP contribution in [0.2, 0.25) is 0 Å². The van der Waals surface area contributed by atoms with Gasteiger partial charge in [-0.1, -0.05) is 182 Å². The molecular formula is C62H39N4OP. The van der Waals surface area contributed by atoms with E-state index in [2.05, 4.69) is 140 Å². The van der Waals surface area contributed by atoms with E-state index in [0.29, 0.717) is 0 Å². The number of para-hydroxylation sites is 2. The minimum Gasteiger partial charge on any atom is -0.309 e. The summed E-state index contributed by atoms with van der Waals surface area (Å²) in [6.07, 6.45) is 1.83. The second-order valence-corrected chi connectivity index (χ2v) is 20.1. The standard InChI is InChI=1S/C62H39N4OP/c67-68(47-15-3-1-4-16-47,48-17-5-2-6-18-48)49-30-23-40(24-31-49)45-25-32-50-52(38-45)59(57-35-27-41-12-7-9-19-54(41)64-57)51-33-26-46(39-53(51)60(50)58-36-28-42-13-8-10-20-55(42)65-58)56-34-29-44-22-21-43-14-11-37-63-61(43)62(44)66-56/h1-39H. The lowest BCUT2D eigenvalue weighted by Crippen LogP contribution is -2.24. The van der Waals surface area contributed by atoms with Gasteiger partial charge in [0, 0.05) is 60.3 Å². The van der Waals surface area contributed by atoms with Gasteiger partial charge in [-0.25, -0.2) is 15.0 Å². The smallest absolute Gasteiger partial charge is 0.171 e. The number of hydrogen-bond acceptors (Lipinski definition) is 5. The van der Waals surface area contributed by atoms with E-state index in [1.165, 1.54) is 0 Å². The van der Waals surface area contributed by atoms with Crippen LogP contribution in [-0.4, -0.2) is 19.9 Å². The first kappa shape index (κ1) is 39.7. The predicted octanol–water partition coefficient (Wildman–Crippen LogP) is 14.5. The van der Waals surface area contributed by atoms with Crippen LogP contribution in [0, 0.1) is 0 Å². The maximum atomic E-state index is 15.3. The van der Waals surface area contributed by atoms with Crippen LogP contribution in [0.5, 0.6) is 0 Å². The number of nitrogens with zero attached hydrogens (tertiary/aromatic N) is 4. The van der Waals surface area contributed by atoms with Crippen molar-refractivity contribution < 1.29 is 4.57 Å². The number of hydrogen-bond donors (Lipinski definition) is 0. The second kappa shape index (κ2) is 16.1. The highest BCUT2D eigenvalue weighted by Crippen LogP contribution is 2.47. The first-order valence-corrected chi connectivity index (χ1v) is 24.5. The van der Waals surface area contributed by atoms with Crippen molar-refractivity contribution in [1.29, 1.82) is 0 Å². The Morgan fingerprint density at radius 3 is 1.38 bits per heavy atom. The van der Waals surface area contributed by atoms with Gasteiger partial charge in [-0.05, 0) is 81.2 Å². The van der Waals surface area contributed by atoms with Gasteiger partial charge in [-0.2, -0.15) is 0 Å². The van der Waals surface area contributed by atoms with E-state index >= 15 is 4.57 Å². The van der Waals surface area contributed by atoms with Crippen molar-refractivity contribution >= 4 is 88.2 Å². The molecule has 0 N–H and O–H groups in total. The molecule has 0 atom stereocenters. The lowest BCUT2D eigenvalue weighted by Gasteiger charge is -2.21. The van der Waals surface area contributed by atoms with Crippen molar-refractivity contribution in [3.05, 3.63) is 237 Å². The summed E-state index contributed by atoms with van der Waals surface area (Å²) in [5.74, 6) is 0. The molecule has 0 aliphatic rings. The topological polar surface area (TPSA) is 68.6 Å². The maximum absolute atomic E-state index is 15.3. The number of rotatable bonds is 7. The normalized spacial score (nSPS) is 11.9. The van der Waals surface area contributed by atoms with E-state index in [-0.39, 0.29) is 0 Å². The van der Waals surface area contributed by atoms with Crippen LogP contribution < -0.4 is 15.9 Å². The quantitative estimate of drug-likeness (QED) is 0.0906. The molecule has 6 heteroatoms. The number of benzene rings is 9. The van der Waals surface area contributed by atoms with E-state index < -0.39 is 7.14 Å². The molecule has 9 aromatic carbocycles. The lowest BCUT2D eigenvalue weighted by atomic mass is 9.86. The fraction of sp³-hybridized carbons (Fsp3) is 0. The van der Waals surface area contributed by atoms with Crippen molar-refractivity contribution in [3.8, 4) is 44.9 Å². The summed E-state index contributed by atoms with van der Waals surface area (Å²) in [4.78, 5) is 20.8. The molecule has 68 heavy (non-hydrogen) atoms. The van der Waals surface area contributed by atoms with Gasteiger partial charge < -0.3 is 4.57 Å². The van der Waals surface area contributed by atoms with Gasteiger partial charge in [0.2, 0.25) is 0 Å². The Labute approximate surface area is 392 Å². The Hall–Kier alpha value is -8.63. The van der Waals surface area contributed by atoms with Gasteiger partial charge in [0.15, 0.2) is 7.14 Å². The first-order valence-electron chi connectivity index (χ1n) is 22.8. The molecule has 0 unspecified atom stereocenters. The summed E-state index contributed by atoms with van der Waals surface area (Å²) >= 11 is 0. The average Bonchev–Trinajstić information content (AvgIpc) is 3.42. The minimum absolute atomic E-state index is 0.789. The Bertz CT molecular complexity index is 4130. The Morgan fingerprint density at radius 1 is 0.309 bits per heavy atom. The molecule has 13 rings (SSSR count). The van der Waals surface area contributed by atoms with Crippen LogP contribution in [0.1, 0.15) is 0 Å². The van der Waals surface area contributed by atoms with Crippen LogP contribution in [0.3, 0.4) is 0 Å². The molecule has 13 aromatic rings. The highest BCUT2D eigenvalue weighted by Gasteiger charge is 2.29. The van der Waals surface area contributed by atoms with Crippen molar-refractivity contribution in [2.45, 2.75) is 0 Å². The van der Waals surface area contributed by atoms with Crippen LogP contribution in [-0.2, 0) is 4.57 Å². The SMILES string of the molecule is O=P(c1ccccc1)(c1ccccc1)c1ccc(-c2ccc3c(-c4ccc5ccccc5n4)c4cc(-c5ccc6ccc7cccnc7c6n5)ccc4c(-c4ccc5ccccc5n4)c3c2)cc1. The third-order valence-corrected chi connectivity index (χ3v) is 16.4. The third kappa shape index (κ3) is 6.59. The molecule has 4 aromatic heterocycles. The van der Waals surface area contributed by atoms with E-state index in [0.717, 1.165) is 126 Å². The number of fused-ring (bicyclic) bond motifs is 7. The molecule has 0 radical (unpaired) electrons. The van der Waals surface area contributed by atoms with E-state index in [9.17, 15) is 0 Å². The summed E-state index contributed by atoms with van der Waals surface area (Å²) < 4.78 is 15.3. The molecule has 4 heterocycles. The molecule has 0 bridgehead atoms. The molecule has 5 nitrogen and oxygen atoms in total. The van der Waals surface area contributed by atoms with Crippen molar-refractivity contribution in [2.24, 2.45) is 0 Å². The molecule has 0 saturated carbocycles. The molecule has 0 saturated heterocycles. The first-order chi connectivity index (χ1) is 33.6. The van der Waals surface area contributed by atoms with Crippen LogP contribution in [0.4, 0.5) is 0 Å². The molecule has 0 aliphatic heterocycles. The molecule has 318 valence electrons. The van der Waals surface area contributed by atoms with Crippen LogP contribution >= 0.6 is 7.14 Å². The molecular weight excluding hydrogens is 848 g/mol. The van der Waals surface area contributed by atoms with E-state index in [1.807, 2.05) is 97.2 Å². The van der Waals surface area contributed by atoms with Crippen LogP contribution in [0.15, 0.2) is 237 Å². The Balaban J connectivity index is 1.06. The third-order valence-electron chi connectivity index (χ3n) is 13.4. The van der Waals surface area contributed by atoms with Gasteiger partial charge in [0.25, 0.3) is 0 Å². The molecule has 0 fully saturated rings. The zero-order valence-electron chi connectivity index (χ0n) is 36.7. The summed E-state index contributed by atoms with van der Waals surface area (Å²) in [6.45, 7) is 0. The fourth-order valence-corrected chi connectivity index (χ4v) is 12.6. The van der Waals surface area contributed by atoms with Gasteiger partial charge in [-0.15, -0.1) is 0 Å². The summed E-state index contributed by atoms with van der Waals surface area (Å²) in [5, 5.41) is 10.9.